The summed E-state index contributed by atoms with van der Waals surface area (Å²) in [4.78, 5) is 1.08. The van der Waals surface area contributed by atoms with Crippen LogP contribution in [0.3, 0.4) is 0 Å². The maximum absolute atomic E-state index is 13.1. The van der Waals surface area contributed by atoms with E-state index >= 15 is 0 Å². The third kappa shape index (κ3) is 3.48. The second kappa shape index (κ2) is 5.56. The van der Waals surface area contributed by atoms with Gasteiger partial charge in [-0.05, 0) is 42.0 Å². The average Bonchev–Trinajstić information content (AvgIpc) is 2.30. The van der Waals surface area contributed by atoms with Crippen molar-refractivity contribution in [2.75, 3.05) is 5.73 Å². The molecule has 0 aliphatic rings. The largest absolute Gasteiger partial charge is 0.399 e. The van der Waals surface area contributed by atoms with Gasteiger partial charge >= 0.3 is 0 Å². The van der Waals surface area contributed by atoms with E-state index in [1.807, 2.05) is 24.3 Å². The van der Waals surface area contributed by atoms with Gasteiger partial charge < -0.3 is 5.73 Å². The van der Waals surface area contributed by atoms with Gasteiger partial charge in [0.25, 0.3) is 0 Å². The summed E-state index contributed by atoms with van der Waals surface area (Å²) in [5.74, 6) is 0.498. The number of nitrogens with two attached hydrogens (primary N) is 1. The number of hydrogen-bond acceptors (Lipinski definition) is 2. The first kappa shape index (κ1) is 12.5. The lowest BCUT2D eigenvalue weighted by molar-refractivity contribution is 0.626. The average molecular weight is 312 g/mol. The van der Waals surface area contributed by atoms with Crippen LogP contribution in [0.15, 0.2) is 51.8 Å². The molecule has 0 fully saturated rings. The monoisotopic (exact) mass is 311 g/mol. The first-order valence-corrected chi connectivity index (χ1v) is 6.85. The highest BCUT2D eigenvalue weighted by Gasteiger charge is 2.03. The molecule has 0 amide bonds. The summed E-state index contributed by atoms with van der Waals surface area (Å²) < 4.78 is 14.0. The van der Waals surface area contributed by atoms with E-state index in [0.29, 0.717) is 5.75 Å². The van der Waals surface area contributed by atoms with E-state index in [4.69, 9.17) is 5.73 Å². The van der Waals surface area contributed by atoms with E-state index in [0.717, 1.165) is 20.6 Å². The van der Waals surface area contributed by atoms with Crippen LogP contribution in [0.4, 0.5) is 10.1 Å². The molecule has 2 rings (SSSR count). The number of nitrogen functional groups attached to an aromatic ring is 1. The zero-order valence-electron chi connectivity index (χ0n) is 8.99. The Balaban J connectivity index is 2.09. The van der Waals surface area contributed by atoms with Crippen LogP contribution >= 0.6 is 27.7 Å². The molecule has 0 spiro atoms. The molecular formula is C13H11BrFNS. The fourth-order valence-electron chi connectivity index (χ4n) is 1.42. The minimum absolute atomic E-state index is 0.212. The predicted molar refractivity (Wildman–Crippen MR) is 74.5 cm³/mol. The van der Waals surface area contributed by atoms with Crippen molar-refractivity contribution in [3.8, 4) is 0 Å². The Kier molecular flexibility index (Phi) is 4.07. The summed E-state index contributed by atoms with van der Waals surface area (Å²) in [5, 5.41) is 0. The Bertz CT molecular complexity index is 531. The van der Waals surface area contributed by atoms with E-state index in [2.05, 4.69) is 15.9 Å². The molecule has 0 bridgehead atoms. The van der Waals surface area contributed by atoms with Crippen molar-refractivity contribution in [2.45, 2.75) is 10.6 Å². The number of thioether (sulfide) groups is 1. The number of anilines is 1. The molecule has 2 aromatic carbocycles. The Morgan fingerprint density at radius 1 is 1.18 bits per heavy atom. The fraction of sp³-hybridized carbons (Fsp3) is 0.0769. The maximum Gasteiger partial charge on any atom is 0.123 e. The quantitative estimate of drug-likeness (QED) is 0.669. The van der Waals surface area contributed by atoms with Crippen LogP contribution in [0.5, 0.6) is 0 Å². The standard InChI is InChI=1S/C13H11BrFNS/c14-13-5-4-10(15)6-9(13)8-17-12-3-1-2-11(16)7-12/h1-7H,8,16H2. The van der Waals surface area contributed by atoms with Gasteiger partial charge in [0.2, 0.25) is 0 Å². The lowest BCUT2D eigenvalue weighted by atomic mass is 10.2. The van der Waals surface area contributed by atoms with Crippen molar-refractivity contribution in [1.29, 1.82) is 0 Å². The summed E-state index contributed by atoms with van der Waals surface area (Å²) in [6.45, 7) is 0. The summed E-state index contributed by atoms with van der Waals surface area (Å²) in [5.41, 5.74) is 7.38. The molecule has 88 valence electrons. The summed E-state index contributed by atoms with van der Waals surface area (Å²) in [6, 6.07) is 12.4. The minimum atomic E-state index is -0.212. The molecule has 0 unspecified atom stereocenters. The molecule has 17 heavy (non-hydrogen) atoms. The van der Waals surface area contributed by atoms with Crippen LogP contribution in [-0.4, -0.2) is 0 Å². The number of hydrogen-bond donors (Lipinski definition) is 1. The van der Waals surface area contributed by atoms with Crippen molar-refractivity contribution in [2.24, 2.45) is 0 Å². The Labute approximate surface area is 112 Å². The van der Waals surface area contributed by atoms with Gasteiger partial charge in [-0.25, -0.2) is 4.39 Å². The summed E-state index contributed by atoms with van der Waals surface area (Å²) in [6.07, 6.45) is 0. The van der Waals surface area contributed by atoms with Gasteiger partial charge in [0.15, 0.2) is 0 Å². The lowest BCUT2D eigenvalue weighted by Gasteiger charge is -2.05. The molecule has 1 nitrogen and oxygen atoms in total. The predicted octanol–water partition coefficient (Wildman–Crippen LogP) is 4.46. The second-order valence-corrected chi connectivity index (χ2v) is 5.50. The number of halogens is 2. The highest BCUT2D eigenvalue weighted by molar-refractivity contribution is 9.10. The van der Waals surface area contributed by atoms with Gasteiger partial charge in [0.05, 0.1) is 0 Å². The zero-order chi connectivity index (χ0) is 12.3. The van der Waals surface area contributed by atoms with Crippen LogP contribution in [0.1, 0.15) is 5.56 Å². The van der Waals surface area contributed by atoms with Crippen LogP contribution in [0.2, 0.25) is 0 Å². The number of rotatable bonds is 3. The highest BCUT2D eigenvalue weighted by atomic mass is 79.9. The maximum atomic E-state index is 13.1. The minimum Gasteiger partial charge on any atom is -0.399 e. The van der Waals surface area contributed by atoms with Crippen molar-refractivity contribution in [3.05, 3.63) is 58.3 Å². The molecule has 0 radical (unpaired) electrons. The first-order chi connectivity index (χ1) is 8.15. The van der Waals surface area contributed by atoms with Crippen molar-refractivity contribution in [1.82, 2.24) is 0 Å². The first-order valence-electron chi connectivity index (χ1n) is 5.07. The Hall–Kier alpha value is -1.00. The van der Waals surface area contributed by atoms with Crippen LogP contribution in [0, 0.1) is 5.82 Å². The molecule has 0 saturated carbocycles. The van der Waals surface area contributed by atoms with Crippen LogP contribution < -0.4 is 5.73 Å². The molecule has 0 aliphatic heterocycles. The van der Waals surface area contributed by atoms with E-state index in [-0.39, 0.29) is 5.82 Å². The second-order valence-electron chi connectivity index (χ2n) is 3.60. The fourth-order valence-corrected chi connectivity index (χ4v) is 2.95. The molecule has 0 saturated heterocycles. The molecule has 2 N–H and O–H groups in total. The summed E-state index contributed by atoms with van der Waals surface area (Å²) >= 11 is 5.05. The topological polar surface area (TPSA) is 26.0 Å². The van der Waals surface area contributed by atoms with Crippen molar-refractivity contribution < 1.29 is 4.39 Å². The van der Waals surface area contributed by atoms with Crippen molar-refractivity contribution in [3.63, 3.8) is 0 Å². The van der Waals surface area contributed by atoms with Gasteiger partial charge in [-0.2, -0.15) is 0 Å². The van der Waals surface area contributed by atoms with Gasteiger partial charge in [-0.15, -0.1) is 11.8 Å². The third-order valence-electron chi connectivity index (χ3n) is 2.26. The lowest BCUT2D eigenvalue weighted by Crippen LogP contribution is -1.87. The molecule has 0 aromatic heterocycles. The van der Waals surface area contributed by atoms with E-state index in [9.17, 15) is 4.39 Å². The number of benzene rings is 2. The van der Waals surface area contributed by atoms with E-state index < -0.39 is 0 Å². The summed E-state index contributed by atoms with van der Waals surface area (Å²) in [7, 11) is 0. The molecule has 0 atom stereocenters. The molecular weight excluding hydrogens is 301 g/mol. The van der Waals surface area contributed by atoms with E-state index in [1.54, 1.807) is 23.9 Å². The van der Waals surface area contributed by atoms with Gasteiger partial charge in [0.1, 0.15) is 5.82 Å². The Morgan fingerprint density at radius 3 is 2.76 bits per heavy atom. The molecule has 0 aliphatic carbocycles. The molecule has 0 heterocycles. The smallest absolute Gasteiger partial charge is 0.123 e. The normalized spacial score (nSPS) is 10.5. The Morgan fingerprint density at radius 2 is 2.00 bits per heavy atom. The van der Waals surface area contributed by atoms with Crippen molar-refractivity contribution >= 4 is 33.4 Å². The molecule has 4 heteroatoms. The highest BCUT2D eigenvalue weighted by Crippen LogP contribution is 2.28. The van der Waals surface area contributed by atoms with E-state index in [1.165, 1.54) is 6.07 Å². The molecule has 2 aromatic rings. The van der Waals surface area contributed by atoms with Gasteiger partial charge in [0, 0.05) is 20.8 Å². The van der Waals surface area contributed by atoms with Crippen LogP contribution in [0.25, 0.3) is 0 Å². The van der Waals surface area contributed by atoms with Gasteiger partial charge in [-0.1, -0.05) is 22.0 Å². The SMILES string of the molecule is Nc1cccc(SCc2cc(F)ccc2Br)c1. The van der Waals surface area contributed by atoms with Gasteiger partial charge in [-0.3, -0.25) is 0 Å². The third-order valence-corrected chi connectivity index (χ3v) is 4.08. The van der Waals surface area contributed by atoms with Crippen LogP contribution in [-0.2, 0) is 5.75 Å². The zero-order valence-corrected chi connectivity index (χ0v) is 11.4.